The molecule has 1 N–H and O–H groups in total. The van der Waals surface area contributed by atoms with E-state index in [-0.39, 0.29) is 15.8 Å². The lowest BCUT2D eigenvalue weighted by atomic mass is 10.2. The minimum Gasteiger partial charge on any atom is -0.246 e. The number of nitroso groups, excluding NO2 is 1. The van der Waals surface area contributed by atoms with Gasteiger partial charge in [-0.15, -0.1) is 10.0 Å². The molecule has 0 amide bonds. The Balaban J connectivity index is 1.95. The molecule has 124 valence electrons. The van der Waals surface area contributed by atoms with Gasteiger partial charge in [-0.3, -0.25) is 0 Å². The molecule has 0 atom stereocenters. The van der Waals surface area contributed by atoms with Crippen molar-refractivity contribution in [1.29, 1.82) is 0 Å². The van der Waals surface area contributed by atoms with Crippen molar-refractivity contribution < 1.29 is 13.2 Å². The zero-order valence-electron chi connectivity index (χ0n) is 11.4. The summed E-state index contributed by atoms with van der Waals surface area (Å²) in [6.45, 7) is 0. The number of halogens is 3. The highest BCUT2D eigenvalue weighted by Crippen LogP contribution is 2.34. The van der Waals surface area contributed by atoms with Gasteiger partial charge in [0.2, 0.25) is 5.16 Å². The SMILES string of the molecule is O=Nc1cnc(Sc2n[nH]c(=O)n2-c2ccc(C(F)(F)F)cc2)s1. The average Bonchev–Trinajstić information content (AvgIpc) is 3.14. The summed E-state index contributed by atoms with van der Waals surface area (Å²) in [5.41, 5.74) is -1.21. The highest BCUT2D eigenvalue weighted by Gasteiger charge is 2.30. The van der Waals surface area contributed by atoms with E-state index in [0.717, 1.165) is 39.8 Å². The van der Waals surface area contributed by atoms with E-state index in [1.165, 1.54) is 18.3 Å². The first kappa shape index (κ1) is 16.4. The summed E-state index contributed by atoms with van der Waals surface area (Å²) >= 11 is 1.98. The van der Waals surface area contributed by atoms with Gasteiger partial charge in [0.05, 0.1) is 17.4 Å². The Kier molecular flexibility index (Phi) is 4.24. The Morgan fingerprint density at radius 3 is 2.54 bits per heavy atom. The number of hydrogen-bond acceptors (Lipinski definition) is 7. The number of rotatable bonds is 4. The summed E-state index contributed by atoms with van der Waals surface area (Å²) < 4.78 is 39.4. The van der Waals surface area contributed by atoms with Crippen LogP contribution in [0.4, 0.5) is 18.2 Å². The van der Waals surface area contributed by atoms with Crippen LogP contribution in [0.3, 0.4) is 0 Å². The second kappa shape index (κ2) is 6.20. The van der Waals surface area contributed by atoms with E-state index >= 15 is 0 Å². The van der Waals surface area contributed by atoms with Gasteiger partial charge in [-0.1, -0.05) is 11.3 Å². The zero-order chi connectivity index (χ0) is 17.3. The van der Waals surface area contributed by atoms with Crippen LogP contribution in [0.2, 0.25) is 0 Å². The Hall–Kier alpha value is -2.47. The summed E-state index contributed by atoms with van der Waals surface area (Å²) in [5.74, 6) is 0. The van der Waals surface area contributed by atoms with Gasteiger partial charge in [-0.2, -0.15) is 13.2 Å². The van der Waals surface area contributed by atoms with E-state index < -0.39 is 17.4 Å². The van der Waals surface area contributed by atoms with E-state index in [1.54, 1.807) is 0 Å². The van der Waals surface area contributed by atoms with Crippen LogP contribution in [0.15, 0.2) is 49.9 Å². The van der Waals surface area contributed by atoms with Crippen molar-refractivity contribution in [3.05, 3.63) is 51.4 Å². The molecule has 0 fully saturated rings. The van der Waals surface area contributed by atoms with Gasteiger partial charge in [-0.05, 0) is 41.2 Å². The van der Waals surface area contributed by atoms with Crippen molar-refractivity contribution in [2.75, 3.05) is 0 Å². The Morgan fingerprint density at radius 1 is 1.25 bits per heavy atom. The quantitative estimate of drug-likeness (QED) is 0.706. The Labute approximate surface area is 139 Å². The van der Waals surface area contributed by atoms with Crippen LogP contribution in [0.25, 0.3) is 5.69 Å². The topological polar surface area (TPSA) is 93.0 Å². The number of alkyl halides is 3. The van der Waals surface area contributed by atoms with Gasteiger partial charge in [0, 0.05) is 0 Å². The van der Waals surface area contributed by atoms with E-state index in [2.05, 4.69) is 20.4 Å². The van der Waals surface area contributed by atoms with E-state index in [4.69, 9.17) is 0 Å². The molecule has 2 aromatic heterocycles. The highest BCUT2D eigenvalue weighted by molar-refractivity contribution is 8.01. The van der Waals surface area contributed by atoms with E-state index in [1.807, 2.05) is 0 Å². The first-order chi connectivity index (χ1) is 11.4. The largest absolute Gasteiger partial charge is 0.416 e. The molecule has 7 nitrogen and oxygen atoms in total. The monoisotopic (exact) mass is 373 g/mol. The van der Waals surface area contributed by atoms with E-state index in [0.29, 0.717) is 4.34 Å². The molecule has 0 saturated heterocycles. The van der Waals surface area contributed by atoms with Gasteiger partial charge in [-0.25, -0.2) is 19.4 Å². The number of H-pyrrole nitrogens is 1. The van der Waals surface area contributed by atoms with Gasteiger partial charge in [0.15, 0.2) is 9.34 Å². The molecule has 3 rings (SSSR count). The molecule has 0 radical (unpaired) electrons. The summed E-state index contributed by atoms with van der Waals surface area (Å²) in [4.78, 5) is 26.3. The van der Waals surface area contributed by atoms with Gasteiger partial charge in [0.25, 0.3) is 0 Å². The lowest BCUT2D eigenvalue weighted by Crippen LogP contribution is -2.15. The van der Waals surface area contributed by atoms with Crippen LogP contribution in [-0.4, -0.2) is 19.7 Å². The van der Waals surface area contributed by atoms with Crippen molar-refractivity contribution in [3.8, 4) is 5.69 Å². The van der Waals surface area contributed by atoms with Gasteiger partial charge >= 0.3 is 11.9 Å². The van der Waals surface area contributed by atoms with E-state index in [9.17, 15) is 22.9 Å². The number of hydrogen-bond donors (Lipinski definition) is 1. The smallest absolute Gasteiger partial charge is 0.246 e. The molecular formula is C12H6F3N5O2S2. The third-order valence-electron chi connectivity index (χ3n) is 2.84. The number of aromatic nitrogens is 4. The number of nitrogens with zero attached hydrogens (tertiary/aromatic N) is 4. The zero-order valence-corrected chi connectivity index (χ0v) is 13.1. The maximum atomic E-state index is 12.6. The molecule has 3 aromatic rings. The molecule has 0 aliphatic rings. The first-order valence-corrected chi connectivity index (χ1v) is 7.84. The molecule has 0 unspecified atom stereocenters. The molecule has 0 spiro atoms. The fourth-order valence-electron chi connectivity index (χ4n) is 1.80. The van der Waals surface area contributed by atoms with Crippen LogP contribution in [0.5, 0.6) is 0 Å². The fraction of sp³-hybridized carbons (Fsp3) is 0.0833. The molecule has 12 heteroatoms. The molecule has 2 heterocycles. The summed E-state index contributed by atoms with van der Waals surface area (Å²) in [6, 6.07) is 4.09. The number of nitrogens with one attached hydrogen (secondary N) is 1. The van der Waals surface area contributed by atoms with Gasteiger partial charge < -0.3 is 0 Å². The molecular weight excluding hydrogens is 367 g/mol. The third kappa shape index (κ3) is 3.23. The molecule has 0 saturated carbocycles. The lowest BCUT2D eigenvalue weighted by molar-refractivity contribution is -0.137. The number of thiazole rings is 1. The van der Waals surface area contributed by atoms with Crippen molar-refractivity contribution >= 4 is 28.1 Å². The van der Waals surface area contributed by atoms with Crippen molar-refractivity contribution in [2.24, 2.45) is 5.18 Å². The van der Waals surface area contributed by atoms with Crippen molar-refractivity contribution in [3.63, 3.8) is 0 Å². The standard InChI is InChI=1S/C12H6F3N5O2S2/c13-12(14,15)6-1-3-7(4-2-6)20-9(21)17-18-10(20)24-11-16-5-8(19-22)23-11/h1-5H,(H,17,21). The Morgan fingerprint density at radius 2 is 1.96 bits per heavy atom. The number of benzene rings is 1. The first-order valence-electron chi connectivity index (χ1n) is 6.20. The van der Waals surface area contributed by atoms with Crippen LogP contribution < -0.4 is 5.69 Å². The Bertz CT molecular complexity index is 929. The minimum absolute atomic E-state index is 0.163. The normalized spacial score (nSPS) is 11.6. The maximum absolute atomic E-state index is 12.6. The minimum atomic E-state index is -4.46. The van der Waals surface area contributed by atoms with Crippen molar-refractivity contribution in [1.82, 2.24) is 19.7 Å². The predicted molar refractivity (Wildman–Crippen MR) is 80.9 cm³/mol. The van der Waals surface area contributed by atoms with Crippen LogP contribution in [0, 0.1) is 4.91 Å². The summed E-state index contributed by atoms with van der Waals surface area (Å²) in [6.07, 6.45) is -3.19. The second-order valence-electron chi connectivity index (χ2n) is 4.35. The third-order valence-corrected chi connectivity index (χ3v) is 4.74. The summed E-state index contributed by atoms with van der Waals surface area (Å²) in [5, 5.41) is 9.12. The molecule has 1 aromatic carbocycles. The summed E-state index contributed by atoms with van der Waals surface area (Å²) in [7, 11) is 0. The highest BCUT2D eigenvalue weighted by atomic mass is 32.2. The molecule has 0 aliphatic heterocycles. The average molecular weight is 373 g/mol. The molecule has 0 aliphatic carbocycles. The molecule has 0 bridgehead atoms. The predicted octanol–water partition coefficient (Wildman–Crippen LogP) is 3.59. The lowest BCUT2D eigenvalue weighted by Gasteiger charge is -2.08. The second-order valence-corrected chi connectivity index (χ2v) is 6.57. The molecule has 24 heavy (non-hydrogen) atoms. The van der Waals surface area contributed by atoms with Crippen molar-refractivity contribution in [2.45, 2.75) is 15.7 Å². The fourth-order valence-corrected chi connectivity index (χ4v) is 3.50. The maximum Gasteiger partial charge on any atom is 0.416 e. The van der Waals surface area contributed by atoms with Gasteiger partial charge in [0.1, 0.15) is 0 Å². The van der Waals surface area contributed by atoms with Crippen LogP contribution >= 0.6 is 23.1 Å². The van der Waals surface area contributed by atoms with Crippen LogP contribution in [-0.2, 0) is 6.18 Å². The van der Waals surface area contributed by atoms with Crippen LogP contribution in [0.1, 0.15) is 5.56 Å². The number of aromatic amines is 1.